The van der Waals surface area contributed by atoms with Crippen molar-refractivity contribution >= 4 is 45.9 Å². The summed E-state index contributed by atoms with van der Waals surface area (Å²) in [5.74, 6) is -0.879. The third kappa shape index (κ3) is 5.68. The summed E-state index contributed by atoms with van der Waals surface area (Å²) in [6.45, 7) is 0.267. The van der Waals surface area contributed by atoms with Crippen LogP contribution in [0, 0.1) is 0 Å². The van der Waals surface area contributed by atoms with Crippen LogP contribution in [-0.4, -0.2) is 23.0 Å². The van der Waals surface area contributed by atoms with Crippen LogP contribution in [0.25, 0.3) is 10.8 Å². The second-order valence-corrected chi connectivity index (χ2v) is 8.56. The molecule has 0 saturated carbocycles. The van der Waals surface area contributed by atoms with Gasteiger partial charge in [0.2, 0.25) is 0 Å². The molecule has 0 fully saturated rings. The molecule has 4 aromatic carbocycles. The molecular formula is C27H21Cl2NO4. The number of ether oxygens (including phenoxy) is 1. The highest BCUT2D eigenvalue weighted by molar-refractivity contribution is 6.42. The number of carbonyl (C=O) groups is 2. The van der Waals surface area contributed by atoms with Crippen molar-refractivity contribution in [2.24, 2.45) is 0 Å². The van der Waals surface area contributed by atoms with E-state index in [9.17, 15) is 14.7 Å². The van der Waals surface area contributed by atoms with Crippen LogP contribution in [-0.2, 0) is 17.8 Å². The van der Waals surface area contributed by atoms with E-state index in [0.29, 0.717) is 21.4 Å². The Morgan fingerprint density at radius 2 is 1.62 bits per heavy atom. The topological polar surface area (TPSA) is 75.6 Å². The van der Waals surface area contributed by atoms with E-state index in [1.165, 1.54) is 0 Å². The lowest BCUT2D eigenvalue weighted by Gasteiger charge is -2.15. The average Bonchev–Trinajstić information content (AvgIpc) is 2.84. The number of carboxylic acid groups (broad SMARTS) is 1. The van der Waals surface area contributed by atoms with Gasteiger partial charge in [0.1, 0.15) is 18.4 Å². The van der Waals surface area contributed by atoms with Crippen molar-refractivity contribution in [3.05, 3.63) is 112 Å². The molecule has 0 aliphatic carbocycles. The maximum absolute atomic E-state index is 12.8. The number of amides is 1. The molecule has 4 rings (SSSR count). The number of hydrogen-bond acceptors (Lipinski definition) is 3. The summed E-state index contributed by atoms with van der Waals surface area (Å²) < 4.78 is 5.86. The summed E-state index contributed by atoms with van der Waals surface area (Å²) in [4.78, 5) is 24.4. The van der Waals surface area contributed by atoms with Gasteiger partial charge in [-0.15, -0.1) is 0 Å². The zero-order valence-corrected chi connectivity index (χ0v) is 19.5. The van der Waals surface area contributed by atoms with E-state index in [2.05, 4.69) is 5.32 Å². The number of rotatable bonds is 8. The number of nitrogens with one attached hydrogen (secondary N) is 1. The minimum absolute atomic E-state index is 0.201. The van der Waals surface area contributed by atoms with Crippen molar-refractivity contribution < 1.29 is 19.4 Å². The Kier molecular flexibility index (Phi) is 7.36. The summed E-state index contributed by atoms with van der Waals surface area (Å²) in [5.41, 5.74) is 2.00. The lowest BCUT2D eigenvalue weighted by atomic mass is 10.0. The second kappa shape index (κ2) is 10.6. The number of fused-ring (bicyclic) bond motifs is 1. The molecule has 0 aromatic heterocycles. The SMILES string of the molecule is O=C(N[C@@H](Cc1ccccc1)C(=O)O)c1ccc2cc(OCc3cccc(Cl)c3Cl)ccc2c1. The van der Waals surface area contributed by atoms with Crippen LogP contribution in [0.3, 0.4) is 0 Å². The molecule has 2 N–H and O–H groups in total. The van der Waals surface area contributed by atoms with Crippen molar-refractivity contribution in [1.82, 2.24) is 5.32 Å². The van der Waals surface area contributed by atoms with Crippen molar-refractivity contribution in [1.29, 1.82) is 0 Å². The molecule has 4 aromatic rings. The van der Waals surface area contributed by atoms with E-state index in [1.807, 2.05) is 54.6 Å². The molecule has 0 aliphatic heterocycles. The minimum Gasteiger partial charge on any atom is -0.489 e. The minimum atomic E-state index is -1.08. The fourth-order valence-corrected chi connectivity index (χ4v) is 3.94. The van der Waals surface area contributed by atoms with Crippen molar-refractivity contribution in [2.75, 3.05) is 0 Å². The average molecular weight is 494 g/mol. The summed E-state index contributed by atoms with van der Waals surface area (Å²) in [6, 6.07) is 24.3. The fraction of sp³-hybridized carbons (Fsp3) is 0.111. The fourth-order valence-electron chi connectivity index (χ4n) is 3.57. The quantitative estimate of drug-likeness (QED) is 0.308. The van der Waals surface area contributed by atoms with Gasteiger partial charge in [-0.1, -0.05) is 77.8 Å². The first-order chi connectivity index (χ1) is 16.4. The van der Waals surface area contributed by atoms with Gasteiger partial charge in [0.05, 0.1) is 10.0 Å². The number of hydrogen-bond donors (Lipinski definition) is 2. The summed E-state index contributed by atoms with van der Waals surface area (Å²) in [6.07, 6.45) is 0.201. The molecule has 0 saturated heterocycles. The van der Waals surface area contributed by atoms with Gasteiger partial charge in [0.25, 0.3) is 5.91 Å². The van der Waals surface area contributed by atoms with Crippen LogP contribution in [0.2, 0.25) is 10.0 Å². The summed E-state index contributed by atoms with van der Waals surface area (Å²) >= 11 is 12.3. The van der Waals surface area contributed by atoms with Crippen LogP contribution in [0.1, 0.15) is 21.5 Å². The molecule has 0 spiro atoms. The molecule has 34 heavy (non-hydrogen) atoms. The van der Waals surface area contributed by atoms with Gasteiger partial charge in [-0.2, -0.15) is 0 Å². The molecule has 0 heterocycles. The number of benzene rings is 4. The zero-order chi connectivity index (χ0) is 24.1. The molecule has 7 heteroatoms. The predicted molar refractivity (Wildman–Crippen MR) is 134 cm³/mol. The van der Waals surface area contributed by atoms with Gasteiger partial charge in [-0.25, -0.2) is 4.79 Å². The number of aliphatic carboxylic acids is 1. The van der Waals surface area contributed by atoms with Crippen LogP contribution >= 0.6 is 23.2 Å². The Balaban J connectivity index is 1.45. The Morgan fingerprint density at radius 3 is 2.38 bits per heavy atom. The lowest BCUT2D eigenvalue weighted by molar-refractivity contribution is -0.139. The van der Waals surface area contributed by atoms with Crippen molar-refractivity contribution in [2.45, 2.75) is 19.1 Å². The summed E-state index contributed by atoms with van der Waals surface area (Å²) in [7, 11) is 0. The van der Waals surface area contributed by atoms with E-state index in [-0.39, 0.29) is 13.0 Å². The molecule has 1 amide bonds. The lowest BCUT2D eigenvalue weighted by Crippen LogP contribution is -2.42. The van der Waals surface area contributed by atoms with Crippen molar-refractivity contribution in [3.8, 4) is 5.75 Å². The Hall–Kier alpha value is -3.54. The second-order valence-electron chi connectivity index (χ2n) is 7.78. The number of halogens is 2. The standard InChI is InChI=1S/C27H21Cl2NO4/c28-23-8-4-7-21(25(23)29)16-34-22-12-11-18-14-20(10-9-19(18)15-22)26(31)30-24(27(32)33)13-17-5-2-1-3-6-17/h1-12,14-15,24H,13,16H2,(H,30,31)(H,32,33)/t24-/m0/s1. The van der Waals surface area contributed by atoms with Crippen LogP contribution in [0.4, 0.5) is 0 Å². The Morgan fingerprint density at radius 1 is 0.882 bits per heavy atom. The van der Waals surface area contributed by atoms with Gasteiger partial charge < -0.3 is 15.2 Å². The molecular weight excluding hydrogens is 473 g/mol. The highest BCUT2D eigenvalue weighted by atomic mass is 35.5. The molecule has 0 unspecified atom stereocenters. The van der Waals surface area contributed by atoms with Gasteiger partial charge >= 0.3 is 5.97 Å². The number of carbonyl (C=O) groups excluding carboxylic acids is 1. The van der Waals surface area contributed by atoms with E-state index in [0.717, 1.165) is 21.9 Å². The van der Waals surface area contributed by atoms with Gasteiger partial charge in [0, 0.05) is 17.5 Å². The Bertz CT molecular complexity index is 1340. The first-order valence-corrected chi connectivity index (χ1v) is 11.3. The van der Waals surface area contributed by atoms with Gasteiger partial charge in [-0.05, 0) is 46.7 Å². The molecule has 1 atom stereocenters. The zero-order valence-electron chi connectivity index (χ0n) is 18.0. The first kappa shape index (κ1) is 23.6. The van der Waals surface area contributed by atoms with E-state index in [4.69, 9.17) is 27.9 Å². The highest BCUT2D eigenvalue weighted by Gasteiger charge is 2.21. The maximum Gasteiger partial charge on any atom is 0.326 e. The van der Waals surface area contributed by atoms with Crippen LogP contribution in [0.15, 0.2) is 84.9 Å². The van der Waals surface area contributed by atoms with Crippen LogP contribution in [0.5, 0.6) is 5.75 Å². The van der Waals surface area contributed by atoms with Gasteiger partial charge in [-0.3, -0.25) is 4.79 Å². The van der Waals surface area contributed by atoms with Crippen molar-refractivity contribution in [3.63, 3.8) is 0 Å². The molecule has 0 aliphatic rings. The van der Waals surface area contributed by atoms with Gasteiger partial charge in [0.15, 0.2) is 0 Å². The predicted octanol–water partition coefficient (Wildman–Crippen LogP) is 6.15. The molecule has 0 bridgehead atoms. The third-order valence-corrected chi connectivity index (χ3v) is 6.24. The number of carboxylic acids is 1. The third-order valence-electron chi connectivity index (χ3n) is 5.39. The molecule has 0 radical (unpaired) electrons. The monoisotopic (exact) mass is 493 g/mol. The molecule has 5 nitrogen and oxygen atoms in total. The van der Waals surface area contributed by atoms with E-state index < -0.39 is 17.9 Å². The van der Waals surface area contributed by atoms with E-state index >= 15 is 0 Å². The highest BCUT2D eigenvalue weighted by Crippen LogP contribution is 2.28. The smallest absolute Gasteiger partial charge is 0.326 e. The first-order valence-electron chi connectivity index (χ1n) is 10.6. The summed E-state index contributed by atoms with van der Waals surface area (Å²) in [5, 5.41) is 14.8. The Labute approximate surface area is 206 Å². The van der Waals surface area contributed by atoms with Crippen LogP contribution < -0.4 is 10.1 Å². The molecule has 172 valence electrons. The maximum atomic E-state index is 12.8. The largest absolute Gasteiger partial charge is 0.489 e. The van der Waals surface area contributed by atoms with E-state index in [1.54, 1.807) is 30.3 Å². The normalized spacial score (nSPS) is 11.7.